The van der Waals surface area contributed by atoms with Crippen molar-refractivity contribution < 1.29 is 14.7 Å². The molecule has 134 valence electrons. The molecule has 1 saturated heterocycles. The van der Waals surface area contributed by atoms with E-state index in [0.717, 1.165) is 32.2 Å². The number of carboxylic acids is 1. The molecule has 1 heterocycles. The van der Waals surface area contributed by atoms with Crippen molar-refractivity contribution in [3.63, 3.8) is 0 Å². The van der Waals surface area contributed by atoms with Gasteiger partial charge in [0.2, 0.25) is 5.91 Å². The first-order valence-electron chi connectivity index (χ1n) is 9.60. The Kier molecular flexibility index (Phi) is 3.26. The lowest BCUT2D eigenvalue weighted by atomic mass is 9.40. The monoisotopic (exact) mass is 333 g/mol. The fourth-order valence-corrected chi connectivity index (χ4v) is 7.61. The number of likely N-dealkylation sites (tertiary alicyclic amines) is 1. The Morgan fingerprint density at radius 1 is 1.00 bits per heavy atom. The average Bonchev–Trinajstić information content (AvgIpc) is 2.42. The number of amides is 1. The number of hydrogen-bond donors (Lipinski definition) is 1. The quantitative estimate of drug-likeness (QED) is 0.838. The van der Waals surface area contributed by atoms with Crippen LogP contribution in [0.1, 0.15) is 72.1 Å². The number of aliphatic carboxylic acids is 1. The Hall–Kier alpha value is -1.06. The zero-order valence-corrected chi connectivity index (χ0v) is 15.4. The molecule has 0 radical (unpaired) electrons. The van der Waals surface area contributed by atoms with Crippen molar-refractivity contribution in [3.8, 4) is 0 Å². The van der Waals surface area contributed by atoms with Crippen molar-refractivity contribution in [2.45, 2.75) is 72.1 Å². The van der Waals surface area contributed by atoms with Crippen molar-refractivity contribution in [2.24, 2.45) is 27.6 Å². The maximum absolute atomic E-state index is 13.6. The first kappa shape index (κ1) is 16.4. The summed E-state index contributed by atoms with van der Waals surface area (Å²) in [6.07, 6.45) is 8.39. The van der Waals surface area contributed by atoms with Gasteiger partial charge in [0.05, 0.1) is 10.8 Å². The molecule has 0 aromatic carbocycles. The fraction of sp³-hybridized carbons (Fsp3) is 0.900. The van der Waals surface area contributed by atoms with E-state index in [-0.39, 0.29) is 11.3 Å². The second-order valence-corrected chi connectivity index (χ2v) is 10.6. The third-order valence-corrected chi connectivity index (χ3v) is 7.58. The second kappa shape index (κ2) is 4.76. The Balaban J connectivity index is 1.61. The van der Waals surface area contributed by atoms with Crippen molar-refractivity contribution in [3.05, 3.63) is 0 Å². The van der Waals surface area contributed by atoms with Crippen LogP contribution in [0, 0.1) is 27.6 Å². The number of carbonyl (C=O) groups excluding carboxylic acids is 1. The van der Waals surface area contributed by atoms with Crippen LogP contribution in [0.3, 0.4) is 0 Å². The van der Waals surface area contributed by atoms with E-state index in [0.29, 0.717) is 29.7 Å². The minimum Gasteiger partial charge on any atom is -0.481 e. The molecule has 4 bridgehead atoms. The van der Waals surface area contributed by atoms with Crippen LogP contribution in [-0.4, -0.2) is 35.0 Å². The predicted octanol–water partition coefficient (Wildman–Crippen LogP) is 3.70. The van der Waals surface area contributed by atoms with Gasteiger partial charge in [-0.25, -0.2) is 0 Å². The summed E-state index contributed by atoms with van der Waals surface area (Å²) in [6.45, 7) is 7.70. The molecule has 5 aliphatic rings. The van der Waals surface area contributed by atoms with E-state index in [1.807, 2.05) is 4.90 Å². The lowest BCUT2D eigenvalue weighted by Gasteiger charge is -2.65. The number of carbonyl (C=O) groups is 2. The maximum Gasteiger partial charge on any atom is 0.311 e. The molecule has 24 heavy (non-hydrogen) atoms. The van der Waals surface area contributed by atoms with Gasteiger partial charge in [0.15, 0.2) is 0 Å². The highest BCUT2D eigenvalue weighted by Gasteiger charge is 2.63. The van der Waals surface area contributed by atoms with Crippen molar-refractivity contribution in [1.29, 1.82) is 0 Å². The molecule has 4 aliphatic carbocycles. The summed E-state index contributed by atoms with van der Waals surface area (Å²) in [5.74, 6) is 0.205. The first-order chi connectivity index (χ1) is 11.1. The van der Waals surface area contributed by atoms with Gasteiger partial charge in [-0.3, -0.25) is 9.59 Å². The zero-order chi connectivity index (χ0) is 17.4. The highest BCUT2D eigenvalue weighted by Crippen LogP contribution is 2.70. The summed E-state index contributed by atoms with van der Waals surface area (Å²) in [5, 5.41) is 9.58. The fourth-order valence-electron chi connectivity index (χ4n) is 7.61. The van der Waals surface area contributed by atoms with Crippen LogP contribution in [0.15, 0.2) is 0 Å². The molecule has 4 nitrogen and oxygen atoms in total. The summed E-state index contributed by atoms with van der Waals surface area (Å²) in [4.78, 5) is 27.2. The Labute approximate surface area is 145 Å². The van der Waals surface area contributed by atoms with Crippen LogP contribution in [0.4, 0.5) is 0 Å². The van der Waals surface area contributed by atoms with Crippen LogP contribution in [0.2, 0.25) is 0 Å². The number of nitrogens with zero attached hydrogens (tertiary/aromatic N) is 1. The highest BCUT2D eigenvalue weighted by atomic mass is 16.4. The molecule has 5 rings (SSSR count). The normalized spacial score (nSPS) is 50.1. The van der Waals surface area contributed by atoms with E-state index in [1.165, 1.54) is 19.3 Å². The van der Waals surface area contributed by atoms with Gasteiger partial charge in [-0.15, -0.1) is 0 Å². The van der Waals surface area contributed by atoms with Gasteiger partial charge in [-0.2, -0.15) is 0 Å². The largest absolute Gasteiger partial charge is 0.481 e. The first-order valence-corrected chi connectivity index (χ1v) is 9.60. The summed E-state index contributed by atoms with van der Waals surface area (Å²) in [5.41, 5.74) is -0.352. The van der Waals surface area contributed by atoms with Crippen molar-refractivity contribution in [1.82, 2.24) is 4.90 Å². The minimum absolute atomic E-state index is 0.209. The van der Waals surface area contributed by atoms with E-state index in [2.05, 4.69) is 13.8 Å². The Morgan fingerprint density at radius 2 is 1.62 bits per heavy atom. The third kappa shape index (κ3) is 2.32. The van der Waals surface area contributed by atoms with Crippen molar-refractivity contribution >= 4 is 11.9 Å². The number of hydrogen-bond acceptors (Lipinski definition) is 2. The number of rotatable bonds is 2. The van der Waals surface area contributed by atoms with Crippen LogP contribution >= 0.6 is 0 Å². The lowest BCUT2D eigenvalue weighted by Crippen LogP contribution is -2.62. The molecule has 4 heteroatoms. The van der Waals surface area contributed by atoms with Crippen LogP contribution in [0.25, 0.3) is 0 Å². The molecule has 0 aromatic rings. The van der Waals surface area contributed by atoms with Gasteiger partial charge < -0.3 is 10.0 Å². The van der Waals surface area contributed by atoms with Gasteiger partial charge in [0.1, 0.15) is 0 Å². The van der Waals surface area contributed by atoms with Gasteiger partial charge in [0.25, 0.3) is 0 Å². The lowest BCUT2D eigenvalue weighted by molar-refractivity contribution is -0.183. The molecule has 1 amide bonds. The van der Waals surface area contributed by atoms with Crippen LogP contribution < -0.4 is 0 Å². The number of carboxylic acid groups (broad SMARTS) is 1. The molecule has 0 aromatic heterocycles. The second-order valence-electron chi connectivity index (χ2n) is 10.6. The van der Waals surface area contributed by atoms with Crippen molar-refractivity contribution in [2.75, 3.05) is 13.1 Å². The molecule has 1 aliphatic heterocycles. The van der Waals surface area contributed by atoms with Gasteiger partial charge in [0, 0.05) is 13.1 Å². The van der Waals surface area contributed by atoms with E-state index < -0.39 is 11.4 Å². The molecular formula is C20H31NO3. The molecule has 1 N–H and O–H groups in total. The topological polar surface area (TPSA) is 57.6 Å². The summed E-state index contributed by atoms with van der Waals surface area (Å²) in [6, 6.07) is 0. The van der Waals surface area contributed by atoms with E-state index >= 15 is 0 Å². The standard InChI is InChI=1S/C20H31NO3/c1-17-7-14-8-18(2,10-17)12-20(9-14,11-17)15(22)21-6-4-5-19(3,13-21)16(23)24/h14H,4-13H2,1-3H3,(H,23,24). The third-order valence-electron chi connectivity index (χ3n) is 7.58. The van der Waals surface area contributed by atoms with Gasteiger partial charge in [-0.05, 0) is 75.0 Å². The molecule has 5 fully saturated rings. The predicted molar refractivity (Wildman–Crippen MR) is 91.4 cm³/mol. The Bertz CT molecular complexity index is 582. The minimum atomic E-state index is -0.774. The summed E-state index contributed by atoms with van der Waals surface area (Å²) in [7, 11) is 0. The van der Waals surface area contributed by atoms with E-state index in [1.54, 1.807) is 6.92 Å². The van der Waals surface area contributed by atoms with E-state index in [9.17, 15) is 14.7 Å². The smallest absolute Gasteiger partial charge is 0.311 e. The number of piperidine rings is 1. The molecule has 4 saturated carbocycles. The average molecular weight is 333 g/mol. The molecule has 3 unspecified atom stereocenters. The molecule has 3 atom stereocenters. The van der Waals surface area contributed by atoms with Crippen LogP contribution in [-0.2, 0) is 9.59 Å². The zero-order valence-electron chi connectivity index (χ0n) is 15.4. The summed E-state index contributed by atoms with van der Waals surface area (Å²) >= 11 is 0. The maximum atomic E-state index is 13.6. The van der Waals surface area contributed by atoms with Gasteiger partial charge in [-0.1, -0.05) is 13.8 Å². The van der Waals surface area contributed by atoms with E-state index in [4.69, 9.17) is 0 Å². The highest BCUT2D eigenvalue weighted by molar-refractivity contribution is 5.85. The molecular weight excluding hydrogens is 302 g/mol. The van der Waals surface area contributed by atoms with Gasteiger partial charge >= 0.3 is 5.97 Å². The van der Waals surface area contributed by atoms with Crippen LogP contribution in [0.5, 0.6) is 0 Å². The summed E-state index contributed by atoms with van der Waals surface area (Å²) < 4.78 is 0. The SMILES string of the molecule is CC12CC3CC(C)(C1)CC(C(=O)N1CCCC(C)(C(=O)O)C1)(C3)C2. The molecule has 0 spiro atoms. The Morgan fingerprint density at radius 3 is 2.17 bits per heavy atom.